The van der Waals surface area contributed by atoms with E-state index in [-0.39, 0.29) is 22.8 Å². The van der Waals surface area contributed by atoms with Crippen LogP contribution in [-0.2, 0) is 16.6 Å². The van der Waals surface area contributed by atoms with Crippen LogP contribution < -0.4 is 10.6 Å². The number of anilines is 1. The van der Waals surface area contributed by atoms with Crippen LogP contribution in [0, 0.1) is 12.8 Å². The Bertz CT molecular complexity index is 1570. The molecule has 1 aliphatic heterocycles. The number of rotatable bonds is 8. The molecular formula is C32H35N3O3S. The molecule has 5 rings (SSSR count). The van der Waals surface area contributed by atoms with Crippen molar-refractivity contribution in [2.45, 2.75) is 44.2 Å². The molecule has 202 valence electrons. The fourth-order valence-corrected chi connectivity index (χ4v) is 7.50. The van der Waals surface area contributed by atoms with Crippen molar-refractivity contribution in [3.8, 4) is 0 Å². The molecule has 39 heavy (non-hydrogen) atoms. The van der Waals surface area contributed by atoms with Gasteiger partial charge in [-0.25, -0.2) is 8.42 Å². The van der Waals surface area contributed by atoms with Crippen molar-refractivity contribution in [3.05, 3.63) is 108 Å². The van der Waals surface area contributed by atoms with E-state index >= 15 is 0 Å². The number of nitrogens with one attached hydrogen (secondary N) is 2. The van der Waals surface area contributed by atoms with Crippen LogP contribution >= 0.6 is 0 Å². The number of hydrogen-bond acceptors (Lipinski definition) is 4. The van der Waals surface area contributed by atoms with E-state index in [1.807, 2.05) is 79.7 Å². The zero-order valence-corrected chi connectivity index (χ0v) is 23.2. The Kier molecular flexibility index (Phi) is 8.12. The molecule has 4 aromatic rings. The Hall–Kier alpha value is -3.52. The lowest BCUT2D eigenvalue weighted by Crippen LogP contribution is -2.51. The van der Waals surface area contributed by atoms with Gasteiger partial charge in [0.05, 0.1) is 4.90 Å². The SMILES string of the molecule is CC[C@H]1CNCC[C@@H]1N(Cc1ccccc1)S(=O)(=O)c1ccc(NC(=O)c2ccccc2C)c2ccccc12. The molecule has 0 aromatic heterocycles. The van der Waals surface area contributed by atoms with Gasteiger partial charge < -0.3 is 10.6 Å². The summed E-state index contributed by atoms with van der Waals surface area (Å²) in [6.07, 6.45) is 1.65. The second-order valence-corrected chi connectivity index (χ2v) is 12.0. The van der Waals surface area contributed by atoms with Gasteiger partial charge in [-0.15, -0.1) is 0 Å². The molecule has 1 aliphatic rings. The van der Waals surface area contributed by atoms with Gasteiger partial charge in [0.1, 0.15) is 0 Å². The number of carbonyl (C=O) groups is 1. The summed E-state index contributed by atoms with van der Waals surface area (Å²) in [5, 5.41) is 7.74. The Morgan fingerprint density at radius 3 is 2.36 bits per heavy atom. The first-order valence-electron chi connectivity index (χ1n) is 13.6. The number of benzene rings is 4. The quantitative estimate of drug-likeness (QED) is 0.288. The summed E-state index contributed by atoms with van der Waals surface area (Å²) in [5.74, 6) is -0.00349. The van der Waals surface area contributed by atoms with Gasteiger partial charge in [-0.2, -0.15) is 4.31 Å². The van der Waals surface area contributed by atoms with Gasteiger partial charge >= 0.3 is 0 Å². The molecule has 1 saturated heterocycles. The second kappa shape index (κ2) is 11.7. The normalized spacial score (nSPS) is 17.8. The van der Waals surface area contributed by atoms with Gasteiger partial charge in [0.15, 0.2) is 0 Å². The van der Waals surface area contributed by atoms with E-state index < -0.39 is 10.0 Å². The highest BCUT2D eigenvalue weighted by Crippen LogP contribution is 2.35. The summed E-state index contributed by atoms with van der Waals surface area (Å²) in [6, 6.07) is 27.9. The molecular weight excluding hydrogens is 506 g/mol. The predicted octanol–water partition coefficient (Wildman–Crippen LogP) is 5.98. The van der Waals surface area contributed by atoms with Crippen LogP contribution in [0.4, 0.5) is 5.69 Å². The lowest BCUT2D eigenvalue weighted by Gasteiger charge is -2.39. The molecule has 0 saturated carbocycles. The van der Waals surface area contributed by atoms with Crippen molar-refractivity contribution < 1.29 is 13.2 Å². The molecule has 4 aromatic carbocycles. The van der Waals surface area contributed by atoms with Crippen LogP contribution in [0.15, 0.2) is 95.9 Å². The lowest BCUT2D eigenvalue weighted by molar-refractivity contribution is 0.102. The van der Waals surface area contributed by atoms with Gasteiger partial charge in [0.25, 0.3) is 5.91 Å². The molecule has 0 aliphatic carbocycles. The summed E-state index contributed by atoms with van der Waals surface area (Å²) in [5.41, 5.74) is 3.01. The molecule has 2 atom stereocenters. The number of piperidine rings is 1. The maximum atomic E-state index is 14.5. The standard InChI is InChI=1S/C32H35N3O3S/c1-3-25-21-33-20-19-30(25)35(22-24-12-5-4-6-13-24)39(37,38)31-18-17-29(27-15-9-10-16-28(27)31)34-32(36)26-14-8-7-11-23(26)2/h4-18,25,30,33H,3,19-22H2,1-2H3,(H,34,36)/t25-,30-/m0/s1. The third-order valence-electron chi connectivity index (χ3n) is 7.75. The van der Waals surface area contributed by atoms with Gasteiger partial charge in [-0.1, -0.05) is 86.1 Å². The molecule has 0 radical (unpaired) electrons. The van der Waals surface area contributed by atoms with Crippen molar-refractivity contribution in [2.24, 2.45) is 5.92 Å². The van der Waals surface area contributed by atoms with Crippen molar-refractivity contribution >= 4 is 32.4 Å². The molecule has 0 spiro atoms. The van der Waals surface area contributed by atoms with E-state index in [0.717, 1.165) is 37.1 Å². The first-order valence-corrected chi connectivity index (χ1v) is 15.0. The van der Waals surface area contributed by atoms with Crippen molar-refractivity contribution in [1.29, 1.82) is 0 Å². The van der Waals surface area contributed by atoms with E-state index in [1.165, 1.54) is 0 Å². The third kappa shape index (κ3) is 5.62. The third-order valence-corrected chi connectivity index (χ3v) is 9.68. The summed E-state index contributed by atoms with van der Waals surface area (Å²) in [7, 11) is -3.88. The number of amides is 1. The van der Waals surface area contributed by atoms with Crippen LogP contribution in [0.3, 0.4) is 0 Å². The molecule has 2 N–H and O–H groups in total. The summed E-state index contributed by atoms with van der Waals surface area (Å²) < 4.78 is 30.8. The first kappa shape index (κ1) is 27.1. The molecule has 0 unspecified atom stereocenters. The molecule has 0 bridgehead atoms. The number of aryl methyl sites for hydroxylation is 1. The first-order chi connectivity index (χ1) is 18.9. The van der Waals surface area contributed by atoms with Crippen LogP contribution in [0.2, 0.25) is 0 Å². The zero-order valence-electron chi connectivity index (χ0n) is 22.4. The van der Waals surface area contributed by atoms with Crippen molar-refractivity contribution in [2.75, 3.05) is 18.4 Å². The minimum absolute atomic E-state index is 0.111. The minimum atomic E-state index is -3.88. The predicted molar refractivity (Wildman–Crippen MR) is 157 cm³/mol. The summed E-state index contributed by atoms with van der Waals surface area (Å²) >= 11 is 0. The van der Waals surface area contributed by atoms with Crippen molar-refractivity contribution in [1.82, 2.24) is 9.62 Å². The molecule has 1 amide bonds. The Morgan fingerprint density at radius 2 is 1.62 bits per heavy atom. The van der Waals surface area contributed by atoms with Gasteiger partial charge in [0, 0.05) is 34.6 Å². The summed E-state index contributed by atoms with van der Waals surface area (Å²) in [6.45, 7) is 5.91. The topological polar surface area (TPSA) is 78.5 Å². The van der Waals surface area contributed by atoms with E-state index in [1.54, 1.807) is 22.5 Å². The monoisotopic (exact) mass is 541 g/mol. The average Bonchev–Trinajstić information content (AvgIpc) is 2.96. The van der Waals surface area contributed by atoms with Crippen LogP contribution in [-0.4, -0.2) is 37.8 Å². The van der Waals surface area contributed by atoms with Crippen molar-refractivity contribution in [3.63, 3.8) is 0 Å². The number of fused-ring (bicyclic) bond motifs is 1. The van der Waals surface area contributed by atoms with Gasteiger partial charge in [-0.3, -0.25) is 4.79 Å². The Morgan fingerprint density at radius 1 is 0.923 bits per heavy atom. The van der Waals surface area contributed by atoms with E-state index in [4.69, 9.17) is 0 Å². The number of nitrogens with zero attached hydrogens (tertiary/aromatic N) is 1. The van der Waals surface area contributed by atoms with Crippen LogP contribution in [0.1, 0.15) is 41.3 Å². The van der Waals surface area contributed by atoms with Gasteiger partial charge in [-0.05, 0) is 61.7 Å². The number of carbonyl (C=O) groups excluding carboxylic acids is 1. The van der Waals surface area contributed by atoms with E-state index in [9.17, 15) is 13.2 Å². The fourth-order valence-electron chi connectivity index (χ4n) is 5.60. The number of sulfonamides is 1. The molecule has 1 fully saturated rings. The molecule has 1 heterocycles. The van der Waals surface area contributed by atoms with Crippen LogP contribution in [0.5, 0.6) is 0 Å². The van der Waals surface area contributed by atoms with E-state index in [2.05, 4.69) is 17.6 Å². The second-order valence-electron chi connectivity index (χ2n) is 10.2. The molecule has 7 heteroatoms. The highest BCUT2D eigenvalue weighted by Gasteiger charge is 2.38. The maximum absolute atomic E-state index is 14.5. The maximum Gasteiger partial charge on any atom is 0.255 e. The largest absolute Gasteiger partial charge is 0.321 e. The fraction of sp³-hybridized carbons (Fsp3) is 0.281. The Balaban J connectivity index is 1.57. The summed E-state index contributed by atoms with van der Waals surface area (Å²) in [4.78, 5) is 13.4. The Labute approximate surface area is 231 Å². The lowest BCUT2D eigenvalue weighted by atomic mass is 9.91. The minimum Gasteiger partial charge on any atom is -0.321 e. The highest BCUT2D eigenvalue weighted by molar-refractivity contribution is 7.89. The smallest absolute Gasteiger partial charge is 0.255 e. The molecule has 6 nitrogen and oxygen atoms in total. The van der Waals surface area contributed by atoms with E-state index in [0.29, 0.717) is 28.6 Å². The number of hydrogen-bond donors (Lipinski definition) is 2. The highest BCUT2D eigenvalue weighted by atomic mass is 32.2. The van der Waals surface area contributed by atoms with Gasteiger partial charge in [0.2, 0.25) is 10.0 Å². The zero-order chi connectivity index (χ0) is 27.4. The average molecular weight is 542 g/mol. The van der Waals surface area contributed by atoms with Crippen LogP contribution in [0.25, 0.3) is 10.8 Å².